The zero-order chi connectivity index (χ0) is 11.3. The molecule has 0 aromatic carbocycles. The fourth-order valence-electron chi connectivity index (χ4n) is 0.968. The van der Waals surface area contributed by atoms with Gasteiger partial charge < -0.3 is 11.1 Å². The topological polar surface area (TPSA) is 124 Å². The molecule has 0 bridgehead atoms. The number of hydrogen-bond donors (Lipinski definition) is 3. The van der Waals surface area contributed by atoms with Crippen LogP contribution in [-0.2, 0) is 10.0 Å². The smallest absolute Gasteiger partial charge is 0.209 e. The molecule has 0 aliphatic carbocycles. The van der Waals surface area contributed by atoms with Gasteiger partial charge in [-0.3, -0.25) is 0 Å². The first-order chi connectivity index (χ1) is 6.99. The molecular weight excluding hydrogens is 218 g/mol. The van der Waals surface area contributed by atoms with E-state index in [-0.39, 0.29) is 5.75 Å². The van der Waals surface area contributed by atoms with Crippen molar-refractivity contribution in [3.8, 4) is 0 Å². The molecule has 0 amide bonds. The summed E-state index contributed by atoms with van der Waals surface area (Å²) in [4.78, 5) is 7.60. The summed E-state index contributed by atoms with van der Waals surface area (Å²) < 4.78 is 21.2. The lowest BCUT2D eigenvalue weighted by Crippen LogP contribution is -2.19. The van der Waals surface area contributed by atoms with Gasteiger partial charge in [-0.1, -0.05) is 0 Å². The predicted octanol–water partition coefficient (Wildman–Crippen LogP) is -0.851. The Bertz CT molecular complexity index is 419. The van der Waals surface area contributed by atoms with Gasteiger partial charge in [-0.25, -0.2) is 23.5 Å². The molecule has 1 rings (SSSR count). The number of nitrogens with zero attached hydrogens (tertiary/aromatic N) is 2. The van der Waals surface area contributed by atoms with Crippen LogP contribution in [0.1, 0.15) is 6.42 Å². The van der Waals surface area contributed by atoms with Gasteiger partial charge in [0.2, 0.25) is 10.0 Å². The highest BCUT2D eigenvalue weighted by molar-refractivity contribution is 7.89. The van der Waals surface area contributed by atoms with Crippen LogP contribution in [0.4, 0.5) is 11.5 Å². The van der Waals surface area contributed by atoms with E-state index in [1.165, 1.54) is 12.5 Å². The monoisotopic (exact) mass is 231 g/mol. The maximum atomic E-state index is 10.6. The summed E-state index contributed by atoms with van der Waals surface area (Å²) in [6.45, 7) is 0.442. The van der Waals surface area contributed by atoms with Crippen molar-refractivity contribution in [3.05, 3.63) is 12.5 Å². The van der Waals surface area contributed by atoms with E-state index < -0.39 is 10.0 Å². The van der Waals surface area contributed by atoms with Gasteiger partial charge >= 0.3 is 0 Å². The van der Waals surface area contributed by atoms with Crippen LogP contribution in [0.3, 0.4) is 0 Å². The number of sulfonamides is 1. The Labute approximate surface area is 88.0 Å². The second-order valence-electron chi connectivity index (χ2n) is 2.97. The Hall–Kier alpha value is -1.41. The molecular formula is C7H13N5O2S. The van der Waals surface area contributed by atoms with Gasteiger partial charge in [0.05, 0.1) is 17.6 Å². The van der Waals surface area contributed by atoms with E-state index in [1.807, 2.05) is 0 Å². The predicted molar refractivity (Wildman–Crippen MR) is 57.5 cm³/mol. The lowest BCUT2D eigenvalue weighted by molar-refractivity contribution is 0.596. The number of aromatic nitrogens is 2. The van der Waals surface area contributed by atoms with Crippen molar-refractivity contribution in [1.82, 2.24) is 9.97 Å². The van der Waals surface area contributed by atoms with E-state index in [2.05, 4.69) is 15.3 Å². The van der Waals surface area contributed by atoms with Crippen molar-refractivity contribution in [3.63, 3.8) is 0 Å². The Morgan fingerprint density at radius 1 is 1.47 bits per heavy atom. The fraction of sp³-hybridized carbons (Fsp3) is 0.429. The number of rotatable bonds is 5. The average Bonchev–Trinajstić information content (AvgIpc) is 2.13. The van der Waals surface area contributed by atoms with Crippen molar-refractivity contribution in [2.45, 2.75) is 6.42 Å². The third kappa shape index (κ3) is 4.56. The number of primary sulfonamides is 1. The van der Waals surface area contributed by atoms with Gasteiger partial charge in [0.25, 0.3) is 0 Å². The lowest BCUT2D eigenvalue weighted by Gasteiger charge is -2.06. The van der Waals surface area contributed by atoms with Crippen LogP contribution in [-0.4, -0.2) is 30.7 Å². The molecule has 1 heterocycles. The molecule has 0 radical (unpaired) electrons. The standard InChI is InChI=1S/C7H13N5O2S/c8-6-4-10-5-12-7(6)11-2-1-3-15(9,13)14/h4-5H,1-3,8H2,(H2,9,13,14)(H,10,11,12). The Balaban J connectivity index is 2.36. The van der Waals surface area contributed by atoms with Crippen LogP contribution >= 0.6 is 0 Å². The first-order valence-corrected chi connectivity index (χ1v) is 6.00. The van der Waals surface area contributed by atoms with E-state index in [0.717, 1.165) is 0 Å². The Kier molecular flexibility index (Phi) is 3.81. The van der Waals surface area contributed by atoms with E-state index in [9.17, 15) is 8.42 Å². The van der Waals surface area contributed by atoms with Gasteiger partial charge in [0.15, 0.2) is 5.82 Å². The zero-order valence-corrected chi connectivity index (χ0v) is 8.87. The van der Waals surface area contributed by atoms with Gasteiger partial charge in [0, 0.05) is 6.54 Å². The minimum atomic E-state index is -3.39. The molecule has 1 aromatic heterocycles. The molecule has 0 aliphatic heterocycles. The SMILES string of the molecule is Nc1cncnc1NCCCS(N)(=O)=O. The van der Waals surface area contributed by atoms with Crippen LogP contribution in [0.15, 0.2) is 12.5 Å². The summed E-state index contributed by atoms with van der Waals surface area (Å²) in [6.07, 6.45) is 3.23. The number of nitrogen functional groups attached to an aromatic ring is 1. The fourth-order valence-corrected chi connectivity index (χ4v) is 1.51. The summed E-state index contributed by atoms with van der Waals surface area (Å²) >= 11 is 0. The summed E-state index contributed by atoms with van der Waals surface area (Å²) in [5.74, 6) is 0.435. The largest absolute Gasteiger partial charge is 0.394 e. The van der Waals surface area contributed by atoms with E-state index >= 15 is 0 Å². The normalized spacial score (nSPS) is 11.3. The van der Waals surface area contributed by atoms with E-state index in [1.54, 1.807) is 0 Å². The number of nitrogens with two attached hydrogens (primary N) is 2. The molecule has 0 saturated heterocycles. The molecule has 8 heteroatoms. The van der Waals surface area contributed by atoms with Gasteiger partial charge in [-0.2, -0.15) is 0 Å². The highest BCUT2D eigenvalue weighted by atomic mass is 32.2. The molecule has 0 saturated carbocycles. The van der Waals surface area contributed by atoms with Crippen molar-refractivity contribution in [2.75, 3.05) is 23.3 Å². The van der Waals surface area contributed by atoms with E-state index in [0.29, 0.717) is 24.5 Å². The number of anilines is 2. The first-order valence-electron chi connectivity index (χ1n) is 4.29. The van der Waals surface area contributed by atoms with Crippen LogP contribution in [0, 0.1) is 0 Å². The highest BCUT2D eigenvalue weighted by Gasteiger charge is 2.03. The number of nitrogens with one attached hydrogen (secondary N) is 1. The van der Waals surface area contributed by atoms with Gasteiger partial charge in [-0.15, -0.1) is 0 Å². The Morgan fingerprint density at radius 3 is 2.80 bits per heavy atom. The third-order valence-corrected chi connectivity index (χ3v) is 2.50. The molecule has 0 aliphatic rings. The first kappa shape index (κ1) is 11.7. The lowest BCUT2D eigenvalue weighted by atomic mass is 10.4. The highest BCUT2D eigenvalue weighted by Crippen LogP contribution is 2.10. The maximum absolute atomic E-state index is 10.6. The van der Waals surface area contributed by atoms with Crippen LogP contribution in [0.2, 0.25) is 0 Å². The molecule has 0 atom stereocenters. The molecule has 84 valence electrons. The minimum absolute atomic E-state index is 0.0645. The van der Waals surface area contributed by atoms with Crippen LogP contribution in [0.25, 0.3) is 0 Å². The maximum Gasteiger partial charge on any atom is 0.209 e. The second-order valence-corrected chi connectivity index (χ2v) is 4.71. The third-order valence-electron chi connectivity index (χ3n) is 1.64. The van der Waals surface area contributed by atoms with Crippen molar-refractivity contribution in [1.29, 1.82) is 0 Å². The summed E-state index contributed by atoms with van der Waals surface area (Å²) in [7, 11) is -3.39. The van der Waals surface area contributed by atoms with Crippen molar-refractivity contribution < 1.29 is 8.42 Å². The summed E-state index contributed by atoms with van der Waals surface area (Å²) in [5.41, 5.74) is 5.98. The summed E-state index contributed by atoms with van der Waals surface area (Å²) in [5, 5.41) is 7.73. The molecule has 5 N–H and O–H groups in total. The van der Waals surface area contributed by atoms with Crippen molar-refractivity contribution in [2.24, 2.45) is 5.14 Å². The molecule has 0 unspecified atom stereocenters. The molecule has 1 aromatic rings. The van der Waals surface area contributed by atoms with E-state index in [4.69, 9.17) is 10.9 Å². The van der Waals surface area contributed by atoms with Gasteiger partial charge in [0.1, 0.15) is 6.33 Å². The van der Waals surface area contributed by atoms with Gasteiger partial charge in [-0.05, 0) is 6.42 Å². The summed E-state index contributed by atoms with van der Waals surface area (Å²) in [6, 6.07) is 0. The van der Waals surface area contributed by atoms with Crippen molar-refractivity contribution >= 4 is 21.5 Å². The zero-order valence-electron chi connectivity index (χ0n) is 8.05. The van der Waals surface area contributed by atoms with Crippen LogP contribution < -0.4 is 16.2 Å². The molecule has 15 heavy (non-hydrogen) atoms. The second kappa shape index (κ2) is 4.89. The Morgan fingerprint density at radius 2 is 2.20 bits per heavy atom. The molecule has 7 nitrogen and oxygen atoms in total. The minimum Gasteiger partial charge on any atom is -0.394 e. The molecule has 0 spiro atoms. The average molecular weight is 231 g/mol. The number of hydrogen-bond acceptors (Lipinski definition) is 6. The quantitative estimate of drug-likeness (QED) is 0.567. The molecule has 0 fully saturated rings. The van der Waals surface area contributed by atoms with Crippen LogP contribution in [0.5, 0.6) is 0 Å².